The Morgan fingerprint density at radius 2 is 2.00 bits per heavy atom. The van der Waals surface area contributed by atoms with Gasteiger partial charge in [-0.05, 0) is 43.9 Å². The molecule has 4 nitrogen and oxygen atoms in total. The first kappa shape index (κ1) is 15.8. The second kappa shape index (κ2) is 8.51. The maximum atomic E-state index is 6.00. The first-order chi connectivity index (χ1) is 10.9. The van der Waals surface area contributed by atoms with Crippen molar-refractivity contribution in [3.63, 3.8) is 0 Å². The van der Waals surface area contributed by atoms with E-state index in [2.05, 4.69) is 29.2 Å². The zero-order valence-electron chi connectivity index (χ0n) is 13.3. The fourth-order valence-corrected chi connectivity index (χ4v) is 3.13. The Kier molecular flexibility index (Phi) is 6.11. The maximum absolute atomic E-state index is 6.00. The highest BCUT2D eigenvalue weighted by Crippen LogP contribution is 2.21. The van der Waals surface area contributed by atoms with E-state index in [-0.39, 0.29) is 6.10 Å². The van der Waals surface area contributed by atoms with Crippen LogP contribution < -0.4 is 4.74 Å². The summed E-state index contributed by atoms with van der Waals surface area (Å²) in [6.45, 7) is 6.59. The quantitative estimate of drug-likeness (QED) is 0.774. The number of rotatable bonds is 7. The molecule has 1 aromatic rings. The summed E-state index contributed by atoms with van der Waals surface area (Å²) >= 11 is 0. The highest BCUT2D eigenvalue weighted by molar-refractivity contribution is 5.33. The van der Waals surface area contributed by atoms with E-state index < -0.39 is 0 Å². The fourth-order valence-electron chi connectivity index (χ4n) is 3.13. The molecule has 0 spiro atoms. The molecule has 0 amide bonds. The summed E-state index contributed by atoms with van der Waals surface area (Å²) in [5.74, 6) is 1.03. The lowest BCUT2D eigenvalue weighted by atomic mass is 10.1. The number of morpholine rings is 1. The van der Waals surface area contributed by atoms with Crippen LogP contribution in [0.4, 0.5) is 0 Å². The number of nitrogens with zero attached hydrogens (tertiary/aromatic N) is 1. The minimum absolute atomic E-state index is 0.279. The summed E-state index contributed by atoms with van der Waals surface area (Å²) in [4.78, 5) is 2.49. The van der Waals surface area contributed by atoms with Gasteiger partial charge in [0, 0.05) is 19.7 Å². The molecule has 0 aliphatic carbocycles. The van der Waals surface area contributed by atoms with Crippen LogP contribution in [0.15, 0.2) is 24.3 Å². The molecule has 3 rings (SSSR count). The van der Waals surface area contributed by atoms with Crippen LogP contribution in [0.2, 0.25) is 0 Å². The monoisotopic (exact) mass is 305 g/mol. The number of benzene rings is 1. The topological polar surface area (TPSA) is 30.9 Å². The number of hydrogen-bond donors (Lipinski definition) is 0. The van der Waals surface area contributed by atoms with Crippen molar-refractivity contribution in [2.24, 2.45) is 0 Å². The van der Waals surface area contributed by atoms with Crippen molar-refractivity contribution in [3.8, 4) is 5.75 Å². The summed E-state index contributed by atoms with van der Waals surface area (Å²) in [6.07, 6.45) is 4.80. The Balaban J connectivity index is 1.45. The third-order valence-electron chi connectivity index (χ3n) is 4.45. The van der Waals surface area contributed by atoms with Gasteiger partial charge < -0.3 is 14.2 Å². The number of para-hydroxylation sites is 1. The third-order valence-corrected chi connectivity index (χ3v) is 4.45. The summed E-state index contributed by atoms with van der Waals surface area (Å²) in [5, 5.41) is 0. The molecule has 0 aromatic heterocycles. The Morgan fingerprint density at radius 3 is 2.82 bits per heavy atom. The molecule has 22 heavy (non-hydrogen) atoms. The van der Waals surface area contributed by atoms with Crippen LogP contribution >= 0.6 is 0 Å². The van der Waals surface area contributed by atoms with Gasteiger partial charge in [0.25, 0.3) is 0 Å². The summed E-state index contributed by atoms with van der Waals surface area (Å²) in [7, 11) is 0. The Hall–Kier alpha value is -1.10. The van der Waals surface area contributed by atoms with E-state index in [0.29, 0.717) is 6.61 Å². The van der Waals surface area contributed by atoms with Crippen molar-refractivity contribution < 1.29 is 14.2 Å². The van der Waals surface area contributed by atoms with Crippen molar-refractivity contribution >= 4 is 0 Å². The zero-order chi connectivity index (χ0) is 15.0. The van der Waals surface area contributed by atoms with Crippen molar-refractivity contribution in [1.82, 2.24) is 4.90 Å². The van der Waals surface area contributed by atoms with Crippen LogP contribution in [0.25, 0.3) is 0 Å². The highest BCUT2D eigenvalue weighted by atomic mass is 16.5. The van der Waals surface area contributed by atoms with Gasteiger partial charge >= 0.3 is 0 Å². The molecule has 122 valence electrons. The molecule has 1 atom stereocenters. The van der Waals surface area contributed by atoms with Gasteiger partial charge in [-0.25, -0.2) is 0 Å². The number of hydrogen-bond acceptors (Lipinski definition) is 4. The standard InChI is InChI=1S/C18H27NO3/c1-2-8-18(22-15-17-7-4-12-21-17)16(5-1)6-3-9-19-10-13-20-14-11-19/h1-2,5,8,17H,3-4,6-7,9-15H2. The molecule has 0 bridgehead atoms. The number of aryl methyl sites for hydroxylation is 1. The van der Waals surface area contributed by atoms with E-state index in [1.54, 1.807) is 0 Å². The van der Waals surface area contributed by atoms with E-state index in [9.17, 15) is 0 Å². The smallest absolute Gasteiger partial charge is 0.122 e. The van der Waals surface area contributed by atoms with E-state index in [4.69, 9.17) is 14.2 Å². The summed E-state index contributed by atoms with van der Waals surface area (Å²) in [5.41, 5.74) is 1.31. The molecule has 0 radical (unpaired) electrons. The summed E-state index contributed by atoms with van der Waals surface area (Å²) < 4.78 is 17.0. The third kappa shape index (κ3) is 4.70. The average Bonchev–Trinajstić information content (AvgIpc) is 3.08. The minimum Gasteiger partial charge on any atom is -0.491 e. The molecule has 2 heterocycles. The van der Waals surface area contributed by atoms with Crippen molar-refractivity contribution in [2.45, 2.75) is 31.8 Å². The second-order valence-electron chi connectivity index (χ2n) is 6.11. The van der Waals surface area contributed by atoms with Crippen LogP contribution in [0, 0.1) is 0 Å². The maximum Gasteiger partial charge on any atom is 0.122 e. The van der Waals surface area contributed by atoms with Gasteiger partial charge in [0.1, 0.15) is 12.4 Å². The molecule has 4 heteroatoms. The Morgan fingerprint density at radius 1 is 1.14 bits per heavy atom. The van der Waals surface area contributed by atoms with Crippen LogP contribution in [0.3, 0.4) is 0 Å². The minimum atomic E-state index is 0.279. The molecular formula is C18H27NO3. The van der Waals surface area contributed by atoms with Crippen molar-refractivity contribution in [2.75, 3.05) is 46.1 Å². The molecule has 1 unspecified atom stereocenters. The molecule has 0 N–H and O–H groups in total. The lowest BCUT2D eigenvalue weighted by Crippen LogP contribution is -2.36. The van der Waals surface area contributed by atoms with E-state index in [1.165, 1.54) is 12.0 Å². The molecule has 2 saturated heterocycles. The van der Waals surface area contributed by atoms with Crippen LogP contribution in [0.1, 0.15) is 24.8 Å². The molecule has 2 aliphatic rings. The second-order valence-corrected chi connectivity index (χ2v) is 6.11. The van der Waals surface area contributed by atoms with Gasteiger partial charge in [-0.3, -0.25) is 4.90 Å². The largest absolute Gasteiger partial charge is 0.491 e. The Bertz CT molecular complexity index is 440. The molecule has 0 saturated carbocycles. The Labute approximate surface area is 133 Å². The van der Waals surface area contributed by atoms with Crippen molar-refractivity contribution in [3.05, 3.63) is 29.8 Å². The predicted octanol–water partition coefficient (Wildman–Crippen LogP) is 2.51. The zero-order valence-corrected chi connectivity index (χ0v) is 13.3. The van der Waals surface area contributed by atoms with Crippen LogP contribution in [-0.2, 0) is 15.9 Å². The van der Waals surface area contributed by atoms with E-state index >= 15 is 0 Å². The normalized spacial score (nSPS) is 22.8. The lowest BCUT2D eigenvalue weighted by Gasteiger charge is -2.26. The number of ether oxygens (including phenoxy) is 3. The fraction of sp³-hybridized carbons (Fsp3) is 0.667. The predicted molar refractivity (Wildman–Crippen MR) is 86.5 cm³/mol. The van der Waals surface area contributed by atoms with Gasteiger partial charge in [-0.15, -0.1) is 0 Å². The van der Waals surface area contributed by atoms with Gasteiger partial charge in [-0.1, -0.05) is 18.2 Å². The van der Waals surface area contributed by atoms with Gasteiger partial charge in [0.2, 0.25) is 0 Å². The first-order valence-electron chi connectivity index (χ1n) is 8.54. The lowest BCUT2D eigenvalue weighted by molar-refractivity contribution is 0.0374. The molecular weight excluding hydrogens is 278 g/mol. The van der Waals surface area contributed by atoms with Gasteiger partial charge in [0.05, 0.1) is 19.3 Å². The average molecular weight is 305 g/mol. The van der Waals surface area contributed by atoms with E-state index in [0.717, 1.165) is 64.5 Å². The molecule has 2 fully saturated rings. The van der Waals surface area contributed by atoms with E-state index in [1.807, 2.05) is 0 Å². The van der Waals surface area contributed by atoms with Gasteiger partial charge in [0.15, 0.2) is 0 Å². The van der Waals surface area contributed by atoms with Crippen LogP contribution in [-0.4, -0.2) is 57.1 Å². The van der Waals surface area contributed by atoms with Crippen LogP contribution in [0.5, 0.6) is 5.75 Å². The van der Waals surface area contributed by atoms with Crippen molar-refractivity contribution in [1.29, 1.82) is 0 Å². The highest BCUT2D eigenvalue weighted by Gasteiger charge is 2.16. The first-order valence-corrected chi connectivity index (χ1v) is 8.54. The van der Waals surface area contributed by atoms with Gasteiger partial charge in [-0.2, -0.15) is 0 Å². The molecule has 2 aliphatic heterocycles. The molecule has 1 aromatic carbocycles. The SMILES string of the molecule is c1ccc(OCC2CCCO2)c(CCCN2CCOCC2)c1. The summed E-state index contributed by atoms with van der Waals surface area (Å²) in [6, 6.07) is 8.42.